The predicted molar refractivity (Wildman–Crippen MR) is 113 cm³/mol. The minimum Gasteiger partial charge on any atom is -0.298 e. The maximum atomic E-state index is 12.1. The molecule has 1 heterocycles. The lowest BCUT2D eigenvalue weighted by atomic mass is 10.0. The van der Waals surface area contributed by atoms with Crippen LogP contribution < -0.4 is 5.32 Å². The Balaban J connectivity index is 1.62. The number of hydrogen-bond donors (Lipinski definition) is 1. The molecule has 0 atom stereocenters. The molecular formula is C21H19BrN2OS. The van der Waals surface area contributed by atoms with Gasteiger partial charge in [0.15, 0.2) is 5.13 Å². The van der Waals surface area contributed by atoms with Crippen molar-refractivity contribution in [3.63, 3.8) is 0 Å². The first-order chi connectivity index (χ1) is 12.5. The zero-order valence-corrected chi connectivity index (χ0v) is 17.0. The molecule has 3 rings (SSSR count). The third-order valence-electron chi connectivity index (χ3n) is 3.90. The van der Waals surface area contributed by atoms with Gasteiger partial charge in [-0.25, -0.2) is 4.98 Å². The largest absolute Gasteiger partial charge is 0.298 e. The molecule has 0 spiro atoms. The summed E-state index contributed by atoms with van der Waals surface area (Å²) >= 11 is 4.84. The Kier molecular flexibility index (Phi) is 6.01. The summed E-state index contributed by atoms with van der Waals surface area (Å²) in [4.78, 5) is 16.6. The highest BCUT2D eigenvalue weighted by Gasteiger charge is 2.06. The quantitative estimate of drug-likeness (QED) is 0.482. The molecule has 5 heteroatoms. The van der Waals surface area contributed by atoms with Gasteiger partial charge >= 0.3 is 0 Å². The van der Waals surface area contributed by atoms with Crippen molar-refractivity contribution in [2.75, 3.05) is 5.32 Å². The smallest absolute Gasteiger partial charge is 0.250 e. The average molecular weight is 427 g/mol. The van der Waals surface area contributed by atoms with Gasteiger partial charge in [0, 0.05) is 21.5 Å². The van der Waals surface area contributed by atoms with E-state index in [9.17, 15) is 4.79 Å². The molecule has 0 aliphatic heterocycles. The fraction of sp³-hybridized carbons (Fsp3) is 0.143. The van der Waals surface area contributed by atoms with Gasteiger partial charge in [0.2, 0.25) is 5.91 Å². The monoisotopic (exact) mass is 426 g/mol. The zero-order chi connectivity index (χ0) is 18.5. The topological polar surface area (TPSA) is 42.0 Å². The Morgan fingerprint density at radius 3 is 2.46 bits per heavy atom. The van der Waals surface area contributed by atoms with Gasteiger partial charge in [0.1, 0.15) is 0 Å². The number of aromatic nitrogens is 1. The molecule has 0 saturated heterocycles. The number of carbonyl (C=O) groups is 1. The van der Waals surface area contributed by atoms with Gasteiger partial charge in [0.05, 0.1) is 5.69 Å². The van der Waals surface area contributed by atoms with Crippen molar-refractivity contribution in [3.8, 4) is 11.3 Å². The van der Waals surface area contributed by atoms with E-state index in [1.807, 2.05) is 47.9 Å². The Morgan fingerprint density at radius 1 is 1.12 bits per heavy atom. The van der Waals surface area contributed by atoms with Gasteiger partial charge < -0.3 is 0 Å². The average Bonchev–Trinajstić information content (AvgIpc) is 3.09. The molecular weight excluding hydrogens is 408 g/mol. The first-order valence-corrected chi connectivity index (χ1v) is 9.99. The third-order valence-corrected chi connectivity index (χ3v) is 5.19. The van der Waals surface area contributed by atoms with Crippen molar-refractivity contribution >= 4 is 44.4 Å². The second-order valence-corrected chi connectivity index (χ2v) is 7.96. The van der Waals surface area contributed by atoms with E-state index in [1.54, 1.807) is 0 Å². The molecule has 0 saturated carbocycles. The minimum atomic E-state index is -0.186. The van der Waals surface area contributed by atoms with E-state index in [0.29, 0.717) is 11.0 Å². The summed E-state index contributed by atoms with van der Waals surface area (Å²) in [7, 11) is 0. The molecule has 26 heavy (non-hydrogen) atoms. The second kappa shape index (κ2) is 8.43. The van der Waals surface area contributed by atoms with Crippen LogP contribution in [0, 0.1) is 0 Å². The summed E-state index contributed by atoms with van der Waals surface area (Å²) < 4.78 is 1.02. The number of rotatable bonds is 5. The highest BCUT2D eigenvalue weighted by atomic mass is 79.9. The summed E-state index contributed by atoms with van der Waals surface area (Å²) in [5.41, 5.74) is 4.16. The molecule has 132 valence electrons. The highest BCUT2D eigenvalue weighted by molar-refractivity contribution is 9.10. The van der Waals surface area contributed by atoms with Crippen molar-refractivity contribution in [1.29, 1.82) is 0 Å². The van der Waals surface area contributed by atoms with Crippen LogP contribution in [-0.2, 0) is 4.79 Å². The third kappa shape index (κ3) is 4.90. The van der Waals surface area contributed by atoms with E-state index < -0.39 is 0 Å². The summed E-state index contributed by atoms with van der Waals surface area (Å²) in [5.74, 6) is 0.316. The fourth-order valence-electron chi connectivity index (χ4n) is 2.40. The van der Waals surface area contributed by atoms with Crippen LogP contribution in [0.2, 0.25) is 0 Å². The molecule has 0 radical (unpaired) electrons. The molecule has 0 fully saturated rings. The molecule has 0 bridgehead atoms. The molecule has 1 N–H and O–H groups in total. The summed E-state index contributed by atoms with van der Waals surface area (Å²) in [6, 6.07) is 16.2. The number of hydrogen-bond acceptors (Lipinski definition) is 3. The van der Waals surface area contributed by atoms with Gasteiger partial charge in [-0.05, 0) is 35.3 Å². The van der Waals surface area contributed by atoms with Crippen LogP contribution in [0.3, 0.4) is 0 Å². The summed E-state index contributed by atoms with van der Waals surface area (Å²) in [6.07, 6.45) is 3.34. The molecule has 3 aromatic rings. The number of anilines is 1. The lowest BCUT2D eigenvalue weighted by Gasteiger charge is -2.04. The van der Waals surface area contributed by atoms with Crippen LogP contribution in [0.5, 0.6) is 0 Å². The Labute approximate surface area is 165 Å². The Morgan fingerprint density at radius 2 is 1.81 bits per heavy atom. The highest BCUT2D eigenvalue weighted by Crippen LogP contribution is 2.26. The number of benzene rings is 2. The number of nitrogens with zero attached hydrogens (tertiary/aromatic N) is 1. The molecule has 0 unspecified atom stereocenters. The first kappa shape index (κ1) is 18.5. The molecule has 0 aliphatic carbocycles. The Bertz CT molecular complexity index is 912. The normalized spacial score (nSPS) is 11.2. The number of halogens is 1. The van der Waals surface area contributed by atoms with E-state index in [4.69, 9.17) is 0 Å². The van der Waals surface area contributed by atoms with Gasteiger partial charge in [-0.3, -0.25) is 10.1 Å². The first-order valence-electron chi connectivity index (χ1n) is 8.32. The van der Waals surface area contributed by atoms with Crippen molar-refractivity contribution < 1.29 is 4.79 Å². The molecule has 1 aromatic heterocycles. The Hall–Kier alpha value is -2.24. The van der Waals surface area contributed by atoms with E-state index >= 15 is 0 Å². The maximum absolute atomic E-state index is 12.1. The van der Waals surface area contributed by atoms with Crippen LogP contribution in [-0.4, -0.2) is 10.9 Å². The number of amides is 1. The van der Waals surface area contributed by atoms with Crippen LogP contribution in [0.15, 0.2) is 64.5 Å². The number of thiazole rings is 1. The fourth-order valence-corrected chi connectivity index (χ4v) is 3.38. The van der Waals surface area contributed by atoms with E-state index in [-0.39, 0.29) is 5.91 Å². The summed E-state index contributed by atoms with van der Waals surface area (Å²) in [6.45, 7) is 4.32. The van der Waals surface area contributed by atoms with Crippen molar-refractivity contribution in [1.82, 2.24) is 4.98 Å². The second-order valence-electron chi connectivity index (χ2n) is 6.19. The lowest BCUT2D eigenvalue weighted by Crippen LogP contribution is -2.07. The minimum absolute atomic E-state index is 0.186. The van der Waals surface area contributed by atoms with E-state index in [0.717, 1.165) is 21.3 Å². The standard InChI is InChI=1S/C21H19BrN2OS/c1-14(2)16-6-3-15(4-7-16)5-12-20(25)24-21-23-19(13-26-21)17-8-10-18(22)11-9-17/h3-14H,1-2H3,(H,23,24,25). The van der Waals surface area contributed by atoms with E-state index in [1.165, 1.54) is 23.0 Å². The van der Waals surface area contributed by atoms with Crippen LogP contribution in [0.1, 0.15) is 30.9 Å². The van der Waals surface area contributed by atoms with Gasteiger partial charge in [-0.15, -0.1) is 11.3 Å². The number of nitrogens with one attached hydrogen (secondary N) is 1. The number of carbonyl (C=O) groups excluding carboxylic acids is 1. The predicted octanol–water partition coefficient (Wildman–Crippen LogP) is 6.35. The molecule has 0 aliphatic rings. The van der Waals surface area contributed by atoms with Gasteiger partial charge in [-0.1, -0.05) is 66.2 Å². The molecule has 2 aromatic carbocycles. The maximum Gasteiger partial charge on any atom is 0.250 e. The van der Waals surface area contributed by atoms with Gasteiger partial charge in [0.25, 0.3) is 0 Å². The van der Waals surface area contributed by atoms with Crippen LogP contribution >= 0.6 is 27.3 Å². The summed E-state index contributed by atoms with van der Waals surface area (Å²) in [5, 5.41) is 5.34. The molecule has 1 amide bonds. The zero-order valence-electron chi connectivity index (χ0n) is 14.6. The van der Waals surface area contributed by atoms with Crippen molar-refractivity contribution in [2.45, 2.75) is 19.8 Å². The van der Waals surface area contributed by atoms with Crippen molar-refractivity contribution in [3.05, 3.63) is 75.6 Å². The SMILES string of the molecule is CC(C)c1ccc(C=CC(=O)Nc2nc(-c3ccc(Br)cc3)cs2)cc1. The van der Waals surface area contributed by atoms with E-state index in [2.05, 4.69) is 52.2 Å². The van der Waals surface area contributed by atoms with Gasteiger partial charge in [-0.2, -0.15) is 0 Å². The van der Waals surface area contributed by atoms with Crippen LogP contribution in [0.25, 0.3) is 17.3 Å². The molecule has 3 nitrogen and oxygen atoms in total. The van der Waals surface area contributed by atoms with Crippen molar-refractivity contribution in [2.24, 2.45) is 0 Å². The lowest BCUT2D eigenvalue weighted by molar-refractivity contribution is -0.111. The van der Waals surface area contributed by atoms with Crippen LogP contribution in [0.4, 0.5) is 5.13 Å².